The number of furan rings is 1. The van der Waals surface area contributed by atoms with E-state index in [9.17, 15) is 5.11 Å². The van der Waals surface area contributed by atoms with Gasteiger partial charge in [0.1, 0.15) is 17.1 Å². The van der Waals surface area contributed by atoms with Crippen molar-refractivity contribution >= 4 is 52.9 Å². The fourth-order valence-electron chi connectivity index (χ4n) is 2.17. The highest BCUT2D eigenvalue weighted by molar-refractivity contribution is 14.0. The summed E-state index contributed by atoms with van der Waals surface area (Å²) >= 11 is 7.52. The van der Waals surface area contributed by atoms with Crippen LogP contribution < -0.4 is 10.6 Å². The number of aliphatic hydroxyl groups is 1. The van der Waals surface area contributed by atoms with Crippen LogP contribution in [0.25, 0.3) is 0 Å². The predicted molar refractivity (Wildman–Crippen MR) is 115 cm³/mol. The lowest BCUT2D eigenvalue weighted by molar-refractivity contribution is 0.0428. The summed E-state index contributed by atoms with van der Waals surface area (Å²) in [4.78, 5) is 5.69. The zero-order chi connectivity index (χ0) is 17.6. The molecule has 0 spiro atoms. The number of rotatable bonds is 7. The SMILES string of the molecule is CCNC(=NCC(C)(O)c1ccc(C)o1)NCCc1ccc(Cl)s1.I. The lowest BCUT2D eigenvalue weighted by Crippen LogP contribution is -2.39. The van der Waals surface area contributed by atoms with Crippen molar-refractivity contribution in [3.63, 3.8) is 0 Å². The largest absolute Gasteiger partial charge is 0.463 e. The van der Waals surface area contributed by atoms with Crippen molar-refractivity contribution in [1.82, 2.24) is 10.6 Å². The maximum absolute atomic E-state index is 10.6. The zero-order valence-corrected chi connectivity index (χ0v) is 18.5. The Bertz CT molecular complexity index is 685. The van der Waals surface area contributed by atoms with Gasteiger partial charge in [0, 0.05) is 18.0 Å². The van der Waals surface area contributed by atoms with E-state index < -0.39 is 5.60 Å². The maximum Gasteiger partial charge on any atom is 0.191 e. The first-order valence-corrected chi connectivity index (χ1v) is 9.16. The third kappa shape index (κ3) is 7.16. The lowest BCUT2D eigenvalue weighted by atomic mass is 10.0. The molecule has 0 saturated heterocycles. The Labute approximate surface area is 174 Å². The van der Waals surface area contributed by atoms with Crippen LogP contribution in [-0.2, 0) is 12.0 Å². The number of nitrogens with zero attached hydrogens (tertiary/aromatic N) is 1. The molecule has 5 nitrogen and oxygen atoms in total. The summed E-state index contributed by atoms with van der Waals surface area (Å²) in [6, 6.07) is 7.56. The summed E-state index contributed by atoms with van der Waals surface area (Å²) in [6.07, 6.45) is 0.871. The number of aliphatic imine (C=N–C) groups is 1. The average molecular weight is 498 g/mol. The monoisotopic (exact) mass is 497 g/mol. The van der Waals surface area contributed by atoms with Gasteiger partial charge in [-0.1, -0.05) is 11.6 Å². The molecule has 1 atom stereocenters. The lowest BCUT2D eigenvalue weighted by Gasteiger charge is -2.19. The normalized spacial score (nSPS) is 13.9. The van der Waals surface area contributed by atoms with Gasteiger partial charge in [-0.2, -0.15) is 0 Å². The Morgan fingerprint density at radius 1 is 1.32 bits per heavy atom. The molecular weight excluding hydrogens is 473 g/mol. The highest BCUT2D eigenvalue weighted by atomic mass is 127. The first kappa shape index (κ1) is 22.3. The van der Waals surface area contributed by atoms with Crippen molar-refractivity contribution in [2.75, 3.05) is 19.6 Å². The average Bonchev–Trinajstić information content (AvgIpc) is 3.14. The molecule has 8 heteroatoms. The zero-order valence-electron chi connectivity index (χ0n) is 14.6. The first-order chi connectivity index (χ1) is 11.4. The Kier molecular flexibility index (Phi) is 9.26. The van der Waals surface area contributed by atoms with Crippen LogP contribution in [0.15, 0.2) is 33.7 Å². The van der Waals surface area contributed by atoms with Gasteiger partial charge in [-0.3, -0.25) is 0 Å². The van der Waals surface area contributed by atoms with Gasteiger partial charge in [-0.25, -0.2) is 4.99 Å². The fourth-order valence-corrected chi connectivity index (χ4v) is 3.25. The molecule has 2 rings (SSSR count). The Morgan fingerprint density at radius 3 is 2.64 bits per heavy atom. The van der Waals surface area contributed by atoms with Crippen LogP contribution in [0, 0.1) is 6.92 Å². The minimum absolute atomic E-state index is 0. The van der Waals surface area contributed by atoms with E-state index in [1.165, 1.54) is 4.88 Å². The Balaban J connectivity index is 0.00000312. The molecular formula is C17H25ClIN3O2S. The van der Waals surface area contributed by atoms with E-state index in [1.807, 2.05) is 32.0 Å². The standard InChI is InChI=1S/C17H24ClN3O2S.HI/c1-4-19-16(20-10-9-13-6-8-15(18)24-13)21-11-17(3,22)14-7-5-12(2)23-14;/h5-8,22H,4,9-11H2,1-3H3,(H2,19,20,21);1H. The third-order valence-corrected chi connectivity index (χ3v) is 4.74. The molecule has 0 radical (unpaired) electrons. The molecule has 2 heterocycles. The number of aryl methyl sites for hydroxylation is 1. The minimum Gasteiger partial charge on any atom is -0.463 e. The third-order valence-electron chi connectivity index (χ3n) is 3.45. The van der Waals surface area contributed by atoms with E-state index in [2.05, 4.69) is 15.6 Å². The van der Waals surface area contributed by atoms with Gasteiger partial charge in [-0.15, -0.1) is 35.3 Å². The number of nitrogens with one attached hydrogen (secondary N) is 2. The molecule has 3 N–H and O–H groups in total. The van der Waals surface area contributed by atoms with Crippen molar-refractivity contribution in [3.8, 4) is 0 Å². The van der Waals surface area contributed by atoms with Crippen LogP contribution in [0.1, 0.15) is 30.2 Å². The number of halogens is 2. The summed E-state index contributed by atoms with van der Waals surface area (Å²) in [7, 11) is 0. The van der Waals surface area contributed by atoms with Gasteiger partial charge in [-0.05, 0) is 51.5 Å². The van der Waals surface area contributed by atoms with Crippen LogP contribution in [0.3, 0.4) is 0 Å². The van der Waals surface area contributed by atoms with Gasteiger partial charge in [0.2, 0.25) is 0 Å². The second kappa shape index (κ2) is 10.4. The topological polar surface area (TPSA) is 69.8 Å². The summed E-state index contributed by atoms with van der Waals surface area (Å²) in [5.41, 5.74) is -1.14. The van der Waals surface area contributed by atoms with Crippen molar-refractivity contribution < 1.29 is 9.52 Å². The summed E-state index contributed by atoms with van der Waals surface area (Å²) in [5.74, 6) is 1.96. The molecule has 1 unspecified atom stereocenters. The summed E-state index contributed by atoms with van der Waals surface area (Å²) in [6.45, 7) is 7.25. The number of thiophene rings is 1. The molecule has 25 heavy (non-hydrogen) atoms. The smallest absolute Gasteiger partial charge is 0.191 e. The quantitative estimate of drug-likeness (QED) is 0.308. The first-order valence-electron chi connectivity index (χ1n) is 7.96. The number of guanidine groups is 1. The second-order valence-electron chi connectivity index (χ2n) is 5.76. The van der Waals surface area contributed by atoms with E-state index in [0.29, 0.717) is 11.7 Å². The highest BCUT2D eigenvalue weighted by Crippen LogP contribution is 2.23. The summed E-state index contributed by atoms with van der Waals surface area (Å²) in [5, 5.41) is 17.0. The van der Waals surface area contributed by atoms with Gasteiger partial charge in [0.05, 0.1) is 10.9 Å². The molecule has 2 aromatic rings. The van der Waals surface area contributed by atoms with Crippen LogP contribution in [0.2, 0.25) is 4.34 Å². The molecule has 140 valence electrons. The Morgan fingerprint density at radius 2 is 2.08 bits per heavy atom. The highest BCUT2D eigenvalue weighted by Gasteiger charge is 2.26. The van der Waals surface area contributed by atoms with Gasteiger partial charge in [0.15, 0.2) is 5.96 Å². The van der Waals surface area contributed by atoms with Crippen LogP contribution in [-0.4, -0.2) is 30.7 Å². The van der Waals surface area contributed by atoms with Crippen molar-refractivity contribution in [1.29, 1.82) is 0 Å². The number of hydrogen-bond acceptors (Lipinski definition) is 4. The van der Waals surface area contributed by atoms with Gasteiger partial charge in [0.25, 0.3) is 0 Å². The van der Waals surface area contributed by atoms with Gasteiger partial charge < -0.3 is 20.2 Å². The molecule has 2 aromatic heterocycles. The second-order valence-corrected chi connectivity index (χ2v) is 7.56. The maximum atomic E-state index is 10.6. The van der Waals surface area contributed by atoms with E-state index >= 15 is 0 Å². The summed E-state index contributed by atoms with van der Waals surface area (Å²) < 4.78 is 6.31. The molecule has 0 bridgehead atoms. The molecule has 0 aliphatic heterocycles. The van der Waals surface area contributed by atoms with Crippen LogP contribution >= 0.6 is 46.9 Å². The Hall–Kier alpha value is -0.770. The minimum atomic E-state index is -1.14. The van der Waals surface area contributed by atoms with Crippen molar-refractivity contribution in [2.24, 2.45) is 4.99 Å². The fraction of sp³-hybridized carbons (Fsp3) is 0.471. The van der Waals surface area contributed by atoms with E-state index in [-0.39, 0.29) is 30.5 Å². The molecule has 0 amide bonds. The molecule has 0 aromatic carbocycles. The van der Waals surface area contributed by atoms with Crippen molar-refractivity contribution in [2.45, 2.75) is 32.8 Å². The van der Waals surface area contributed by atoms with Gasteiger partial charge >= 0.3 is 0 Å². The van der Waals surface area contributed by atoms with Crippen LogP contribution in [0.5, 0.6) is 0 Å². The van der Waals surface area contributed by atoms with E-state index in [1.54, 1.807) is 24.3 Å². The van der Waals surface area contributed by atoms with Crippen molar-refractivity contribution in [3.05, 3.63) is 45.0 Å². The van der Waals surface area contributed by atoms with Crippen LogP contribution in [0.4, 0.5) is 0 Å². The molecule has 0 aliphatic carbocycles. The predicted octanol–water partition coefficient (Wildman–Crippen LogP) is 3.93. The molecule has 0 aliphatic rings. The molecule has 0 saturated carbocycles. The number of hydrogen-bond donors (Lipinski definition) is 3. The molecule has 0 fully saturated rings. The van der Waals surface area contributed by atoms with E-state index in [4.69, 9.17) is 16.0 Å². The van der Waals surface area contributed by atoms with E-state index in [0.717, 1.165) is 29.6 Å².